The summed E-state index contributed by atoms with van der Waals surface area (Å²) in [4.78, 5) is 11.9. The lowest BCUT2D eigenvalue weighted by atomic mass is 10.0. The van der Waals surface area contributed by atoms with Crippen molar-refractivity contribution in [2.45, 2.75) is 44.2 Å². The first-order chi connectivity index (χ1) is 7.36. The molecule has 0 saturated carbocycles. The van der Waals surface area contributed by atoms with Crippen molar-refractivity contribution in [3.8, 4) is 0 Å². The van der Waals surface area contributed by atoms with Crippen molar-refractivity contribution in [1.82, 2.24) is 10.6 Å². The molecule has 2 aliphatic rings. The first-order valence-electron chi connectivity index (χ1n) is 5.98. The molecule has 0 bridgehead atoms. The van der Waals surface area contributed by atoms with Gasteiger partial charge in [-0.05, 0) is 38.0 Å². The van der Waals surface area contributed by atoms with E-state index in [-0.39, 0.29) is 11.9 Å². The van der Waals surface area contributed by atoms with Crippen LogP contribution in [0.3, 0.4) is 0 Å². The lowest BCUT2D eigenvalue weighted by molar-refractivity contribution is -0.124. The molecule has 2 fully saturated rings. The first-order valence-corrected chi connectivity index (χ1v) is 7.13. The van der Waals surface area contributed by atoms with Gasteiger partial charge in [0.1, 0.15) is 0 Å². The highest BCUT2D eigenvalue weighted by atomic mass is 32.2. The van der Waals surface area contributed by atoms with E-state index in [1.165, 1.54) is 25.0 Å². The van der Waals surface area contributed by atoms with Gasteiger partial charge in [0.15, 0.2) is 0 Å². The maximum absolute atomic E-state index is 11.9. The molecule has 0 aliphatic carbocycles. The van der Waals surface area contributed by atoms with Gasteiger partial charge in [-0.15, -0.1) is 0 Å². The smallest absolute Gasteiger partial charge is 0.237 e. The third kappa shape index (κ3) is 3.38. The average Bonchev–Trinajstić information content (AvgIpc) is 2.31. The molecule has 0 aromatic rings. The quantitative estimate of drug-likeness (QED) is 0.745. The van der Waals surface area contributed by atoms with Crippen LogP contribution in [-0.2, 0) is 4.79 Å². The molecule has 0 spiro atoms. The van der Waals surface area contributed by atoms with Gasteiger partial charge < -0.3 is 10.6 Å². The van der Waals surface area contributed by atoms with Gasteiger partial charge in [-0.2, -0.15) is 11.8 Å². The number of rotatable bonds is 2. The second kappa shape index (κ2) is 5.75. The third-order valence-corrected chi connectivity index (χ3v) is 4.35. The summed E-state index contributed by atoms with van der Waals surface area (Å²) in [6.45, 7) is 0.998. The van der Waals surface area contributed by atoms with Gasteiger partial charge in [0.25, 0.3) is 0 Å². The zero-order valence-electron chi connectivity index (χ0n) is 9.13. The molecule has 3 nitrogen and oxygen atoms in total. The Hall–Kier alpha value is -0.220. The van der Waals surface area contributed by atoms with Gasteiger partial charge in [-0.1, -0.05) is 6.42 Å². The fourth-order valence-electron chi connectivity index (χ4n) is 2.23. The maximum Gasteiger partial charge on any atom is 0.237 e. The van der Waals surface area contributed by atoms with E-state index in [2.05, 4.69) is 10.6 Å². The number of hydrogen-bond donors (Lipinski definition) is 2. The zero-order valence-corrected chi connectivity index (χ0v) is 9.94. The van der Waals surface area contributed by atoms with Crippen molar-refractivity contribution in [2.75, 3.05) is 18.1 Å². The Morgan fingerprint density at radius 1 is 1.27 bits per heavy atom. The van der Waals surface area contributed by atoms with Crippen LogP contribution >= 0.6 is 11.8 Å². The predicted octanol–water partition coefficient (Wildman–Crippen LogP) is 1.14. The minimum Gasteiger partial charge on any atom is -0.351 e. The van der Waals surface area contributed by atoms with Crippen LogP contribution in [0.2, 0.25) is 0 Å². The molecule has 0 aromatic heterocycles. The van der Waals surface area contributed by atoms with Gasteiger partial charge in [0.05, 0.1) is 6.04 Å². The average molecular weight is 228 g/mol. The molecule has 2 heterocycles. The summed E-state index contributed by atoms with van der Waals surface area (Å²) in [5, 5.41) is 6.46. The molecular weight excluding hydrogens is 208 g/mol. The summed E-state index contributed by atoms with van der Waals surface area (Å²) < 4.78 is 0. The molecule has 2 unspecified atom stereocenters. The molecule has 86 valence electrons. The fraction of sp³-hybridized carbons (Fsp3) is 0.909. The topological polar surface area (TPSA) is 41.1 Å². The van der Waals surface area contributed by atoms with Crippen LogP contribution in [0.15, 0.2) is 0 Å². The van der Waals surface area contributed by atoms with Crippen LogP contribution in [0.25, 0.3) is 0 Å². The molecular formula is C11H20N2OS. The Balaban J connectivity index is 1.74. The molecule has 0 aromatic carbocycles. The minimum atomic E-state index is 0.0747. The van der Waals surface area contributed by atoms with E-state index in [4.69, 9.17) is 0 Å². The second-order valence-electron chi connectivity index (χ2n) is 4.43. The Labute approximate surface area is 95.8 Å². The van der Waals surface area contributed by atoms with E-state index in [1.54, 1.807) is 0 Å². The highest BCUT2D eigenvalue weighted by molar-refractivity contribution is 7.99. The van der Waals surface area contributed by atoms with Gasteiger partial charge in [0.2, 0.25) is 5.91 Å². The fourth-order valence-corrected chi connectivity index (χ4v) is 3.30. The molecule has 2 atom stereocenters. The Morgan fingerprint density at radius 2 is 2.20 bits per heavy atom. The molecule has 2 aliphatic heterocycles. The number of hydrogen-bond acceptors (Lipinski definition) is 3. The molecule has 1 amide bonds. The van der Waals surface area contributed by atoms with Crippen LogP contribution < -0.4 is 10.6 Å². The Bertz CT molecular complexity index is 211. The lowest BCUT2D eigenvalue weighted by Crippen LogP contribution is -2.50. The van der Waals surface area contributed by atoms with Gasteiger partial charge in [-0.3, -0.25) is 4.79 Å². The number of carbonyl (C=O) groups excluding carboxylic acids is 1. The van der Waals surface area contributed by atoms with Crippen molar-refractivity contribution in [3.05, 3.63) is 0 Å². The van der Waals surface area contributed by atoms with Crippen LogP contribution in [-0.4, -0.2) is 36.0 Å². The zero-order chi connectivity index (χ0) is 10.5. The second-order valence-corrected chi connectivity index (χ2v) is 5.57. The van der Waals surface area contributed by atoms with E-state index in [1.807, 2.05) is 11.8 Å². The van der Waals surface area contributed by atoms with Gasteiger partial charge >= 0.3 is 0 Å². The van der Waals surface area contributed by atoms with Crippen LogP contribution in [0.1, 0.15) is 32.1 Å². The monoisotopic (exact) mass is 228 g/mol. The summed E-state index contributed by atoms with van der Waals surface area (Å²) >= 11 is 1.96. The largest absolute Gasteiger partial charge is 0.351 e. The normalized spacial score (nSPS) is 32.3. The van der Waals surface area contributed by atoms with Crippen molar-refractivity contribution < 1.29 is 4.79 Å². The number of amides is 1. The number of nitrogens with one attached hydrogen (secondary N) is 2. The number of carbonyl (C=O) groups is 1. The summed E-state index contributed by atoms with van der Waals surface area (Å²) in [5.41, 5.74) is 0. The first kappa shape index (κ1) is 11.3. The van der Waals surface area contributed by atoms with E-state index in [0.29, 0.717) is 6.04 Å². The summed E-state index contributed by atoms with van der Waals surface area (Å²) in [6.07, 6.45) is 5.80. The Morgan fingerprint density at radius 3 is 2.87 bits per heavy atom. The Kier molecular flexibility index (Phi) is 4.32. The van der Waals surface area contributed by atoms with Crippen molar-refractivity contribution in [3.63, 3.8) is 0 Å². The molecule has 2 rings (SSSR count). The summed E-state index contributed by atoms with van der Waals surface area (Å²) in [7, 11) is 0. The number of piperidine rings is 1. The SMILES string of the molecule is O=C(NC1CCCSC1)C1CCCCN1. The molecule has 0 radical (unpaired) electrons. The molecule has 4 heteroatoms. The highest BCUT2D eigenvalue weighted by Crippen LogP contribution is 2.17. The van der Waals surface area contributed by atoms with Crippen LogP contribution in [0.5, 0.6) is 0 Å². The lowest BCUT2D eigenvalue weighted by Gasteiger charge is -2.27. The standard InChI is InChI=1S/C11H20N2OS/c14-11(10-5-1-2-6-12-10)13-9-4-3-7-15-8-9/h9-10,12H,1-8H2,(H,13,14). The highest BCUT2D eigenvalue weighted by Gasteiger charge is 2.23. The molecule has 2 N–H and O–H groups in total. The predicted molar refractivity (Wildman–Crippen MR) is 64.1 cm³/mol. The van der Waals surface area contributed by atoms with Crippen LogP contribution in [0, 0.1) is 0 Å². The van der Waals surface area contributed by atoms with Crippen molar-refractivity contribution in [1.29, 1.82) is 0 Å². The van der Waals surface area contributed by atoms with E-state index in [9.17, 15) is 4.79 Å². The van der Waals surface area contributed by atoms with Gasteiger partial charge in [0, 0.05) is 11.8 Å². The molecule has 2 saturated heterocycles. The maximum atomic E-state index is 11.9. The molecule has 15 heavy (non-hydrogen) atoms. The van der Waals surface area contributed by atoms with Crippen molar-refractivity contribution >= 4 is 17.7 Å². The van der Waals surface area contributed by atoms with E-state index < -0.39 is 0 Å². The van der Waals surface area contributed by atoms with Crippen LogP contribution in [0.4, 0.5) is 0 Å². The third-order valence-electron chi connectivity index (χ3n) is 3.13. The summed E-state index contributed by atoms with van der Waals surface area (Å²) in [6, 6.07) is 0.491. The van der Waals surface area contributed by atoms with E-state index >= 15 is 0 Å². The number of thioether (sulfide) groups is 1. The van der Waals surface area contributed by atoms with E-state index in [0.717, 1.165) is 25.1 Å². The van der Waals surface area contributed by atoms with Gasteiger partial charge in [-0.25, -0.2) is 0 Å². The van der Waals surface area contributed by atoms with Crippen molar-refractivity contribution in [2.24, 2.45) is 0 Å². The minimum absolute atomic E-state index is 0.0747. The summed E-state index contributed by atoms with van der Waals surface area (Å²) in [5.74, 6) is 2.58.